The summed E-state index contributed by atoms with van der Waals surface area (Å²) in [6, 6.07) is 0. The smallest absolute Gasteiger partial charge is 0.145 e. The zero-order chi connectivity index (χ0) is 3.41. The summed E-state index contributed by atoms with van der Waals surface area (Å²) in [6.07, 6.45) is 1.02. The van der Waals surface area contributed by atoms with Crippen LogP contribution < -0.4 is 0 Å². The Morgan fingerprint density at radius 2 is 2.00 bits per heavy atom. The predicted molar refractivity (Wildman–Crippen MR) is 25.8 cm³/mol. The normalized spacial score (nSPS) is 9.00. The van der Waals surface area contributed by atoms with Crippen molar-refractivity contribution in [2.24, 2.45) is 0 Å². The maximum absolute atomic E-state index is 4.74. The average Bonchev–Trinajstić information content (AvgIpc) is 1.37. The lowest BCUT2D eigenvalue weighted by Crippen LogP contribution is -1.83. The fourth-order valence-electron chi connectivity index (χ4n) is 0. The zero-order valence-electron chi connectivity index (χ0n) is 3.12. The quantitative estimate of drug-likeness (QED) is 0.328. The van der Waals surface area contributed by atoms with Crippen LogP contribution in [0.15, 0.2) is 0 Å². The molecule has 0 radical (unpaired) electrons. The Kier molecular flexibility index (Phi) is 3.73. The first-order chi connectivity index (χ1) is 1.91. The van der Waals surface area contributed by atoms with Crippen molar-refractivity contribution in [1.29, 1.82) is 0 Å². The van der Waals surface area contributed by atoms with Crippen LogP contribution in [0.2, 0.25) is 0 Å². The lowest BCUT2D eigenvalue weighted by atomic mass is 11.7. The monoisotopic (exact) mass is 92.0 g/mol. The van der Waals surface area contributed by atoms with Crippen molar-refractivity contribution in [2.75, 3.05) is 6.23 Å². The number of hydrogen-bond donors (Lipinski definition) is 0. The molecule has 0 aromatic carbocycles. The molecule has 0 aliphatic heterocycles. The van der Waals surface area contributed by atoms with Gasteiger partial charge in [-0.15, -0.1) is 0 Å². The average molecular weight is 92.2 g/mol. The molecule has 0 rings (SSSR count). The van der Waals surface area contributed by atoms with Gasteiger partial charge in [0.2, 0.25) is 0 Å². The Balaban J connectivity index is 1.97. The molecule has 1 nitrogen and oxygen atoms in total. The van der Waals surface area contributed by atoms with Gasteiger partial charge in [-0.3, -0.25) is 0 Å². The Hall–Kier alpha value is 0.394. The maximum atomic E-state index is 4.74. The second kappa shape index (κ2) is 3.39. The van der Waals surface area contributed by atoms with E-state index in [0.717, 1.165) is 16.7 Å². The van der Waals surface area contributed by atoms with Crippen molar-refractivity contribution in [2.45, 2.75) is 0 Å². The molecule has 0 heterocycles. The molecular formula is CH8OSi2. The Morgan fingerprint density at radius 1 is 1.75 bits per heavy atom. The van der Waals surface area contributed by atoms with Crippen LogP contribution in [0.5, 0.6) is 0 Å². The summed E-state index contributed by atoms with van der Waals surface area (Å²) in [7, 11) is 2.13. The molecule has 0 N–H and O–H groups in total. The minimum absolute atomic E-state index is 0.924. The molecule has 0 saturated carbocycles. The minimum atomic E-state index is 0.924. The van der Waals surface area contributed by atoms with E-state index in [2.05, 4.69) is 0 Å². The van der Waals surface area contributed by atoms with E-state index in [-0.39, 0.29) is 0 Å². The molecule has 3 heteroatoms. The van der Waals surface area contributed by atoms with Gasteiger partial charge in [0, 0.05) is 16.5 Å². The Morgan fingerprint density at radius 3 is 2.00 bits per heavy atom. The fraction of sp³-hybridized carbons (Fsp3) is 1.00. The van der Waals surface area contributed by atoms with Crippen molar-refractivity contribution < 1.29 is 4.43 Å². The van der Waals surface area contributed by atoms with E-state index in [1.54, 1.807) is 0 Å². The van der Waals surface area contributed by atoms with Crippen LogP contribution in [0.4, 0.5) is 0 Å². The SMILES string of the molecule is [SiH3]CO[SiH3]. The molecule has 26 valence electrons. The molecule has 0 aromatic heterocycles. The van der Waals surface area contributed by atoms with Crippen molar-refractivity contribution in [3.8, 4) is 0 Å². The van der Waals surface area contributed by atoms with Gasteiger partial charge in [-0.2, -0.15) is 0 Å². The highest BCUT2D eigenvalue weighted by atomic mass is 28.2. The van der Waals surface area contributed by atoms with Gasteiger partial charge in [0.15, 0.2) is 0 Å². The van der Waals surface area contributed by atoms with E-state index in [0.29, 0.717) is 0 Å². The number of hydrogen-bond acceptors (Lipinski definition) is 1. The van der Waals surface area contributed by atoms with Gasteiger partial charge in [0.25, 0.3) is 0 Å². The van der Waals surface area contributed by atoms with Gasteiger partial charge in [-0.05, 0) is 0 Å². The van der Waals surface area contributed by atoms with E-state index in [1.807, 2.05) is 0 Å². The molecule has 0 atom stereocenters. The topological polar surface area (TPSA) is 9.23 Å². The minimum Gasteiger partial charge on any atom is -0.432 e. The van der Waals surface area contributed by atoms with Crippen molar-refractivity contribution >= 4 is 20.7 Å². The van der Waals surface area contributed by atoms with E-state index in [1.165, 1.54) is 10.2 Å². The van der Waals surface area contributed by atoms with E-state index in [4.69, 9.17) is 4.43 Å². The molecule has 0 saturated heterocycles. The molecular weight excluding hydrogens is 84.2 g/mol. The van der Waals surface area contributed by atoms with E-state index >= 15 is 0 Å². The van der Waals surface area contributed by atoms with Crippen LogP contribution in [-0.4, -0.2) is 27.0 Å². The zero-order valence-corrected chi connectivity index (χ0v) is 7.12. The summed E-state index contributed by atoms with van der Waals surface area (Å²) in [5.74, 6) is 0. The summed E-state index contributed by atoms with van der Waals surface area (Å²) >= 11 is 0. The lowest BCUT2D eigenvalue weighted by molar-refractivity contribution is 0.429. The van der Waals surface area contributed by atoms with Gasteiger partial charge in [0.1, 0.15) is 10.5 Å². The molecule has 0 unspecified atom stereocenters. The molecule has 0 aliphatic rings. The highest BCUT2D eigenvalue weighted by Crippen LogP contribution is 1.42. The van der Waals surface area contributed by atoms with Crippen LogP contribution in [0.1, 0.15) is 0 Å². The second-order valence-electron chi connectivity index (χ2n) is 0.577. The van der Waals surface area contributed by atoms with Crippen molar-refractivity contribution in [3.05, 3.63) is 0 Å². The highest BCUT2D eigenvalue weighted by Gasteiger charge is 1.51. The third-order valence-corrected chi connectivity index (χ3v) is 2.60. The third-order valence-electron chi connectivity index (χ3n) is 0.289. The van der Waals surface area contributed by atoms with Crippen molar-refractivity contribution in [3.63, 3.8) is 0 Å². The summed E-state index contributed by atoms with van der Waals surface area (Å²) < 4.78 is 4.74. The Labute approximate surface area is 32.3 Å². The lowest BCUT2D eigenvalue weighted by Gasteiger charge is -1.77. The standard InChI is InChI=1S/CH8OSi2/c3-1-2-4/h1H2,3-4H3. The van der Waals surface area contributed by atoms with E-state index in [9.17, 15) is 0 Å². The highest BCUT2D eigenvalue weighted by molar-refractivity contribution is 6.10. The van der Waals surface area contributed by atoms with Gasteiger partial charge in [0.05, 0.1) is 0 Å². The number of rotatable bonds is 1. The summed E-state index contributed by atoms with van der Waals surface area (Å²) in [6.45, 7) is 0. The van der Waals surface area contributed by atoms with Crippen LogP contribution >= 0.6 is 0 Å². The molecule has 0 aromatic rings. The Bertz CT molecular complexity index is 8.00. The van der Waals surface area contributed by atoms with Gasteiger partial charge in [-0.25, -0.2) is 0 Å². The summed E-state index contributed by atoms with van der Waals surface area (Å²) in [4.78, 5) is 0. The largest absolute Gasteiger partial charge is 0.432 e. The van der Waals surface area contributed by atoms with E-state index < -0.39 is 0 Å². The van der Waals surface area contributed by atoms with Gasteiger partial charge >= 0.3 is 0 Å². The first kappa shape index (κ1) is 4.39. The van der Waals surface area contributed by atoms with Gasteiger partial charge < -0.3 is 4.43 Å². The third kappa shape index (κ3) is 2.39. The summed E-state index contributed by atoms with van der Waals surface area (Å²) in [5.41, 5.74) is 0. The first-order valence-electron chi connectivity index (χ1n) is 1.40. The van der Waals surface area contributed by atoms with Crippen LogP contribution in [0, 0.1) is 0 Å². The maximum Gasteiger partial charge on any atom is 0.145 e. The fourth-order valence-corrected chi connectivity index (χ4v) is 0. The predicted octanol–water partition coefficient (Wildman–Crippen LogP) is -2.39. The molecule has 0 aliphatic carbocycles. The van der Waals surface area contributed by atoms with Crippen LogP contribution in [0.25, 0.3) is 0 Å². The molecule has 0 amide bonds. The van der Waals surface area contributed by atoms with Crippen LogP contribution in [0.3, 0.4) is 0 Å². The second-order valence-corrected chi connectivity index (χ2v) is 1.73. The molecule has 0 bridgehead atoms. The first-order valence-corrected chi connectivity index (χ1v) is 3.63. The molecule has 4 heavy (non-hydrogen) atoms. The molecule has 0 fully saturated rings. The van der Waals surface area contributed by atoms with Crippen LogP contribution in [-0.2, 0) is 4.43 Å². The summed E-state index contributed by atoms with van der Waals surface area (Å²) in [5, 5.41) is 0. The van der Waals surface area contributed by atoms with Gasteiger partial charge in [-0.1, -0.05) is 0 Å². The van der Waals surface area contributed by atoms with Crippen molar-refractivity contribution in [1.82, 2.24) is 0 Å². The molecule has 0 spiro atoms.